The largest absolute Gasteiger partial charge is 0.380 e. The van der Waals surface area contributed by atoms with Gasteiger partial charge in [0.25, 0.3) is 18.3 Å². The minimum absolute atomic E-state index is 0.0331. The summed E-state index contributed by atoms with van der Waals surface area (Å²) >= 11 is 0. The third-order valence-electron chi connectivity index (χ3n) is 13.1. The van der Waals surface area contributed by atoms with Crippen LogP contribution in [-0.4, -0.2) is 122 Å². The molecule has 63 heavy (non-hydrogen) atoms. The van der Waals surface area contributed by atoms with E-state index in [-0.39, 0.29) is 47.9 Å². The van der Waals surface area contributed by atoms with Gasteiger partial charge >= 0.3 is 5.69 Å². The number of imidazole rings is 1. The molecule has 4 aliphatic heterocycles. The number of para-hydroxylation sites is 1. The van der Waals surface area contributed by atoms with Crippen LogP contribution < -0.4 is 26.1 Å². The van der Waals surface area contributed by atoms with E-state index in [1.54, 1.807) is 60.0 Å². The molecule has 5 aromatic rings. The summed E-state index contributed by atoms with van der Waals surface area (Å²) in [5.41, 5.74) is 1.59. The summed E-state index contributed by atoms with van der Waals surface area (Å²) in [6.45, 7) is 3.25. The minimum atomic E-state index is -2.91. The highest BCUT2D eigenvalue weighted by Gasteiger charge is 2.50. The van der Waals surface area contributed by atoms with Crippen LogP contribution in [0.3, 0.4) is 0 Å². The number of aromatic nitrogens is 7. The third kappa shape index (κ3) is 7.82. The molecule has 2 unspecified atom stereocenters. The molecule has 5 fully saturated rings. The SMILES string of the molecule is CN(C)C1CCN(c2cccc3c2n(C)c(=O)n3C2CCC(=O)NC2=O)CC1(F)F.O=C(Nc1cn(C2CCCCC2)nc1C(F)F)c1cnn2ccc(N3CC4(COC4)C3)nc12. The number of fused-ring (bicyclic) bond motifs is 2. The summed E-state index contributed by atoms with van der Waals surface area (Å²) in [4.78, 5) is 59.9. The summed E-state index contributed by atoms with van der Waals surface area (Å²) in [6, 6.07) is 5.42. The quantitative estimate of drug-likeness (QED) is 0.166. The molecule has 0 radical (unpaired) electrons. The van der Waals surface area contributed by atoms with Crippen LogP contribution in [0.4, 0.5) is 34.8 Å². The number of imide groups is 1. The van der Waals surface area contributed by atoms with E-state index in [1.807, 2.05) is 6.07 Å². The van der Waals surface area contributed by atoms with Crippen molar-refractivity contribution in [2.45, 2.75) is 81.8 Å². The topological polar surface area (TPSA) is 169 Å². The number of benzene rings is 1. The van der Waals surface area contributed by atoms with Gasteiger partial charge in [0.2, 0.25) is 11.8 Å². The molecule has 1 aromatic carbocycles. The average molecular weight is 879 g/mol. The number of piperidine rings is 2. The zero-order valence-electron chi connectivity index (χ0n) is 35.3. The second-order valence-corrected chi connectivity index (χ2v) is 17.7. The number of hydrogen-bond donors (Lipinski definition) is 2. The Labute approximate surface area is 358 Å². The number of nitrogens with zero attached hydrogens (tertiary/aromatic N) is 10. The predicted octanol–water partition coefficient (Wildman–Crippen LogP) is 4.55. The van der Waals surface area contributed by atoms with Crippen LogP contribution in [0.25, 0.3) is 16.7 Å². The fourth-order valence-corrected chi connectivity index (χ4v) is 9.75. The van der Waals surface area contributed by atoms with Gasteiger partial charge in [-0.25, -0.2) is 31.9 Å². The predicted molar refractivity (Wildman–Crippen MR) is 224 cm³/mol. The summed E-state index contributed by atoms with van der Waals surface area (Å²) in [7, 11) is 4.87. The van der Waals surface area contributed by atoms with Crippen molar-refractivity contribution in [2.24, 2.45) is 12.5 Å². The number of anilines is 3. The van der Waals surface area contributed by atoms with Gasteiger partial charge < -0.3 is 24.8 Å². The number of nitrogens with one attached hydrogen (secondary N) is 2. The Bertz CT molecular complexity index is 2620. The number of amides is 3. The molecule has 1 aliphatic carbocycles. The monoisotopic (exact) mass is 878 g/mol. The molecule has 4 aromatic heterocycles. The van der Waals surface area contributed by atoms with Crippen molar-refractivity contribution in [3.05, 3.63) is 64.6 Å². The van der Waals surface area contributed by atoms with Gasteiger partial charge in [-0.1, -0.05) is 25.3 Å². The van der Waals surface area contributed by atoms with E-state index in [0.717, 1.165) is 64.2 Å². The number of carbonyl (C=O) groups excluding carboxylic acids is 3. The Balaban J connectivity index is 0.000000161. The fraction of sp³-hybridized carbons (Fsp3) is 0.548. The van der Waals surface area contributed by atoms with E-state index in [1.165, 1.54) is 26.0 Å². The molecule has 0 bridgehead atoms. The van der Waals surface area contributed by atoms with Crippen molar-refractivity contribution >= 4 is 51.6 Å². The lowest BCUT2D eigenvalue weighted by Gasteiger charge is -2.55. The van der Waals surface area contributed by atoms with Crippen LogP contribution in [0.1, 0.15) is 85.9 Å². The first kappa shape index (κ1) is 42.5. The summed E-state index contributed by atoms with van der Waals surface area (Å²) in [5.74, 6) is -3.57. The Morgan fingerprint density at radius 2 is 1.76 bits per heavy atom. The van der Waals surface area contributed by atoms with E-state index >= 15 is 0 Å². The minimum Gasteiger partial charge on any atom is -0.380 e. The molecule has 17 nitrogen and oxygen atoms in total. The summed E-state index contributed by atoms with van der Waals surface area (Å²) in [5, 5.41) is 13.2. The van der Waals surface area contributed by atoms with Gasteiger partial charge in [0.1, 0.15) is 17.4 Å². The Kier molecular flexibility index (Phi) is 11.0. The van der Waals surface area contributed by atoms with Crippen LogP contribution in [0.15, 0.2) is 47.7 Å². The molecule has 5 aliphatic rings. The fourth-order valence-electron chi connectivity index (χ4n) is 9.75. The normalized spacial score (nSPS) is 22.3. The molecule has 2 atom stereocenters. The maximum absolute atomic E-state index is 14.8. The van der Waals surface area contributed by atoms with Crippen LogP contribution in [0.5, 0.6) is 0 Å². The van der Waals surface area contributed by atoms with Crippen LogP contribution in [0.2, 0.25) is 0 Å². The van der Waals surface area contributed by atoms with Gasteiger partial charge in [0.05, 0.1) is 65.9 Å². The Morgan fingerprint density at radius 3 is 2.43 bits per heavy atom. The Morgan fingerprint density at radius 1 is 1.00 bits per heavy atom. The number of hydrogen-bond acceptors (Lipinski definition) is 11. The summed E-state index contributed by atoms with van der Waals surface area (Å²) in [6.07, 6.45) is 7.63. The van der Waals surface area contributed by atoms with E-state index in [4.69, 9.17) is 4.74 Å². The average Bonchev–Trinajstić information content (AvgIpc) is 3.91. The highest BCUT2D eigenvalue weighted by molar-refractivity contribution is 6.08. The number of carbonyl (C=O) groups is 3. The van der Waals surface area contributed by atoms with Crippen molar-refractivity contribution in [3.63, 3.8) is 0 Å². The van der Waals surface area contributed by atoms with E-state index in [2.05, 4.69) is 30.7 Å². The van der Waals surface area contributed by atoms with Crippen LogP contribution in [-0.2, 0) is 21.4 Å². The van der Waals surface area contributed by atoms with Crippen LogP contribution in [0, 0.1) is 5.41 Å². The van der Waals surface area contributed by atoms with Crippen molar-refractivity contribution in [2.75, 3.05) is 68.6 Å². The molecule has 336 valence electrons. The van der Waals surface area contributed by atoms with E-state index < -0.39 is 54.2 Å². The van der Waals surface area contributed by atoms with Crippen molar-refractivity contribution in [3.8, 4) is 0 Å². The first-order chi connectivity index (χ1) is 30.1. The zero-order chi connectivity index (χ0) is 44.4. The van der Waals surface area contributed by atoms with Crippen molar-refractivity contribution in [1.29, 1.82) is 0 Å². The van der Waals surface area contributed by atoms with Gasteiger partial charge in [-0.05, 0) is 58.0 Å². The lowest BCUT2D eigenvalue weighted by atomic mass is 9.78. The molecule has 3 amide bonds. The number of alkyl halides is 4. The molecule has 8 heterocycles. The van der Waals surface area contributed by atoms with Gasteiger partial charge in [0.15, 0.2) is 11.3 Å². The second-order valence-electron chi connectivity index (χ2n) is 17.7. The lowest BCUT2D eigenvalue weighted by molar-refractivity contribution is -0.135. The smallest absolute Gasteiger partial charge is 0.329 e. The van der Waals surface area contributed by atoms with Gasteiger partial charge in [-0.2, -0.15) is 10.2 Å². The van der Waals surface area contributed by atoms with E-state index in [0.29, 0.717) is 28.9 Å². The molecule has 2 N–H and O–H groups in total. The molecule has 1 spiro atoms. The van der Waals surface area contributed by atoms with Crippen LogP contribution >= 0.6 is 0 Å². The molecule has 21 heteroatoms. The number of ether oxygens (including phenoxy) is 1. The third-order valence-corrected chi connectivity index (χ3v) is 13.1. The molecule has 10 rings (SSSR count). The first-order valence-electron chi connectivity index (χ1n) is 21.3. The van der Waals surface area contributed by atoms with Gasteiger partial charge in [0, 0.05) is 45.5 Å². The van der Waals surface area contributed by atoms with Crippen molar-refractivity contribution in [1.82, 2.24) is 43.7 Å². The summed E-state index contributed by atoms with van der Waals surface area (Å²) < 4.78 is 68.1. The maximum atomic E-state index is 14.8. The number of halogens is 4. The second kappa shape index (κ2) is 16.4. The first-order valence-corrected chi connectivity index (χ1v) is 21.3. The van der Waals surface area contributed by atoms with Crippen molar-refractivity contribution < 1.29 is 36.7 Å². The Hall–Kier alpha value is -5.83. The molecular weight excluding hydrogens is 829 g/mol. The molecule has 4 saturated heterocycles. The maximum Gasteiger partial charge on any atom is 0.329 e. The highest BCUT2D eigenvalue weighted by atomic mass is 19.3. The standard InChI is InChI=1S/C22H25F2N7O2.C20H25F2N5O3/c23-19(24)18-16(9-31(28-18)14-4-2-1-3-5-14)26-21(32)15-8-25-30-7-6-17(27-20(15)30)29-10-22(11-29)12-33-13-22;1-24(2)15-9-10-26(11-20(15,21)22)12-5-4-6-13-17(12)25(3)19(30)27(13)14-7-8-16(28)23-18(14)29/h6-9,14,19H,1-5,10-13H2,(H,26,32);4-6,14-15H,7-11H2,1-3H3,(H,23,28,29). The lowest BCUT2D eigenvalue weighted by Crippen LogP contribution is -2.66. The number of aryl methyl sites for hydroxylation is 1. The molecule has 1 saturated carbocycles. The van der Waals surface area contributed by atoms with Gasteiger partial charge in [-0.15, -0.1) is 0 Å². The van der Waals surface area contributed by atoms with E-state index in [9.17, 15) is 36.7 Å². The highest BCUT2D eigenvalue weighted by Crippen LogP contribution is 2.40. The number of rotatable bonds is 8. The van der Waals surface area contributed by atoms with Gasteiger partial charge in [-0.3, -0.25) is 33.5 Å². The molecular formula is C42H50F4N12O5. The zero-order valence-corrected chi connectivity index (χ0v) is 35.3.